The predicted molar refractivity (Wildman–Crippen MR) is 80.8 cm³/mol. The number of nitrogens with two attached hydrogens (primary N) is 1. The van der Waals surface area contributed by atoms with Gasteiger partial charge in [0.05, 0.1) is 6.61 Å². The highest BCUT2D eigenvalue weighted by molar-refractivity contribution is 7.85. The minimum atomic E-state index is -0.668. The van der Waals surface area contributed by atoms with Crippen LogP contribution in [0.5, 0.6) is 5.75 Å². The number of nitrogen functional groups attached to an aromatic ring is 1. The zero-order valence-corrected chi connectivity index (χ0v) is 12.2. The molecule has 1 fully saturated rings. The van der Waals surface area contributed by atoms with Crippen molar-refractivity contribution in [3.05, 3.63) is 24.3 Å². The second-order valence-corrected chi connectivity index (χ2v) is 6.95. The van der Waals surface area contributed by atoms with Crippen LogP contribution in [0.15, 0.2) is 24.3 Å². The molecule has 19 heavy (non-hydrogen) atoms. The molecule has 0 aromatic heterocycles. The Balaban J connectivity index is 1.63. The van der Waals surface area contributed by atoms with Crippen molar-refractivity contribution in [3.8, 4) is 5.75 Å². The van der Waals surface area contributed by atoms with E-state index in [0.29, 0.717) is 11.9 Å². The number of rotatable bonds is 6. The SMILES string of the molecule is Nc1ccc(OCCCS(=O)C2CCCCC2)cc1. The molecule has 3 nitrogen and oxygen atoms in total. The van der Waals surface area contributed by atoms with Crippen molar-refractivity contribution in [1.29, 1.82) is 0 Å². The van der Waals surface area contributed by atoms with Gasteiger partial charge in [0.25, 0.3) is 0 Å². The second kappa shape index (κ2) is 7.53. The van der Waals surface area contributed by atoms with E-state index in [0.717, 1.165) is 36.5 Å². The predicted octanol–water partition coefficient (Wildman–Crippen LogP) is 3.12. The Kier molecular flexibility index (Phi) is 5.70. The van der Waals surface area contributed by atoms with Gasteiger partial charge in [-0.3, -0.25) is 4.21 Å². The summed E-state index contributed by atoms with van der Waals surface area (Å²) in [4.78, 5) is 0. The van der Waals surface area contributed by atoms with Crippen LogP contribution in [0.1, 0.15) is 38.5 Å². The Bertz CT molecular complexity index is 399. The number of hydrogen-bond acceptors (Lipinski definition) is 3. The molecule has 2 N–H and O–H groups in total. The molecule has 1 atom stereocenters. The molecule has 1 unspecified atom stereocenters. The second-order valence-electron chi connectivity index (χ2n) is 5.12. The molecule has 1 aliphatic rings. The summed E-state index contributed by atoms with van der Waals surface area (Å²) in [7, 11) is -0.668. The summed E-state index contributed by atoms with van der Waals surface area (Å²) in [6, 6.07) is 7.39. The van der Waals surface area contributed by atoms with Gasteiger partial charge in [-0.2, -0.15) is 0 Å². The summed E-state index contributed by atoms with van der Waals surface area (Å²) in [6.07, 6.45) is 6.95. The van der Waals surface area contributed by atoms with Crippen LogP contribution < -0.4 is 10.5 Å². The Hall–Kier alpha value is -1.03. The van der Waals surface area contributed by atoms with Gasteiger partial charge in [-0.05, 0) is 43.5 Å². The van der Waals surface area contributed by atoms with E-state index in [-0.39, 0.29) is 0 Å². The third-order valence-electron chi connectivity index (χ3n) is 3.56. The van der Waals surface area contributed by atoms with Crippen LogP contribution in [-0.2, 0) is 10.8 Å². The quantitative estimate of drug-likeness (QED) is 0.644. The first-order valence-corrected chi connectivity index (χ1v) is 8.49. The van der Waals surface area contributed by atoms with Gasteiger partial charge in [0.1, 0.15) is 5.75 Å². The van der Waals surface area contributed by atoms with Crippen LogP contribution in [0, 0.1) is 0 Å². The summed E-state index contributed by atoms with van der Waals surface area (Å²) < 4.78 is 17.7. The van der Waals surface area contributed by atoms with Gasteiger partial charge < -0.3 is 10.5 Å². The molecular weight excluding hydrogens is 258 g/mol. The highest BCUT2D eigenvalue weighted by Gasteiger charge is 2.19. The molecule has 1 aliphatic carbocycles. The lowest BCUT2D eigenvalue weighted by atomic mass is 10.0. The standard InChI is InChI=1S/C15H23NO2S/c16-13-7-9-14(10-8-13)18-11-4-12-19(17)15-5-2-1-3-6-15/h7-10,15H,1-6,11-12,16H2. The number of hydrogen-bond donors (Lipinski definition) is 1. The first-order valence-electron chi connectivity index (χ1n) is 7.11. The average Bonchev–Trinajstić information content (AvgIpc) is 2.46. The van der Waals surface area contributed by atoms with E-state index in [1.807, 2.05) is 24.3 Å². The third-order valence-corrected chi connectivity index (χ3v) is 5.47. The third kappa shape index (κ3) is 4.86. The van der Waals surface area contributed by atoms with Crippen molar-refractivity contribution in [3.63, 3.8) is 0 Å². The van der Waals surface area contributed by atoms with E-state index in [2.05, 4.69) is 0 Å². The fourth-order valence-electron chi connectivity index (χ4n) is 2.45. The summed E-state index contributed by atoms with van der Waals surface area (Å²) in [5.74, 6) is 1.59. The largest absolute Gasteiger partial charge is 0.494 e. The molecule has 0 radical (unpaired) electrons. The van der Waals surface area contributed by atoms with Gasteiger partial charge in [-0.25, -0.2) is 0 Å². The maximum atomic E-state index is 12.1. The highest BCUT2D eigenvalue weighted by atomic mass is 32.2. The van der Waals surface area contributed by atoms with Crippen LogP contribution in [0.3, 0.4) is 0 Å². The van der Waals surface area contributed by atoms with Crippen LogP contribution in [-0.4, -0.2) is 21.8 Å². The monoisotopic (exact) mass is 281 g/mol. The average molecular weight is 281 g/mol. The number of ether oxygens (including phenoxy) is 1. The van der Waals surface area contributed by atoms with Crippen LogP contribution in [0.4, 0.5) is 5.69 Å². The normalized spacial score (nSPS) is 18.1. The Labute approximate surface area is 118 Å². The van der Waals surface area contributed by atoms with Crippen LogP contribution in [0.25, 0.3) is 0 Å². The molecule has 0 spiro atoms. The summed E-state index contributed by atoms with van der Waals surface area (Å²) in [5.41, 5.74) is 6.35. The number of benzene rings is 1. The number of anilines is 1. The van der Waals surface area contributed by atoms with Gasteiger partial charge in [0.2, 0.25) is 0 Å². The Morgan fingerprint density at radius 1 is 1.16 bits per heavy atom. The lowest BCUT2D eigenvalue weighted by molar-refractivity contribution is 0.318. The van der Waals surface area contributed by atoms with E-state index in [1.165, 1.54) is 19.3 Å². The zero-order valence-electron chi connectivity index (χ0n) is 11.3. The lowest BCUT2D eigenvalue weighted by Crippen LogP contribution is -2.21. The molecule has 0 bridgehead atoms. The van der Waals surface area contributed by atoms with Gasteiger partial charge in [-0.15, -0.1) is 0 Å². The molecule has 0 saturated heterocycles. The molecule has 2 rings (SSSR count). The minimum absolute atomic E-state index is 0.435. The molecule has 4 heteroatoms. The van der Waals surface area contributed by atoms with E-state index in [1.54, 1.807) is 0 Å². The van der Waals surface area contributed by atoms with Crippen molar-refractivity contribution < 1.29 is 8.95 Å². The Morgan fingerprint density at radius 3 is 2.53 bits per heavy atom. The van der Waals surface area contributed by atoms with Gasteiger partial charge in [0, 0.05) is 27.5 Å². The molecular formula is C15H23NO2S. The van der Waals surface area contributed by atoms with Crippen molar-refractivity contribution in [2.75, 3.05) is 18.1 Å². The lowest BCUT2D eigenvalue weighted by Gasteiger charge is -2.20. The fraction of sp³-hybridized carbons (Fsp3) is 0.600. The molecule has 1 aromatic rings. The maximum absolute atomic E-state index is 12.1. The molecule has 1 saturated carbocycles. The van der Waals surface area contributed by atoms with Crippen LogP contribution in [0.2, 0.25) is 0 Å². The van der Waals surface area contributed by atoms with Crippen LogP contribution >= 0.6 is 0 Å². The van der Waals surface area contributed by atoms with E-state index in [9.17, 15) is 4.21 Å². The summed E-state index contributed by atoms with van der Waals surface area (Å²) in [5, 5.41) is 0.435. The molecule has 1 aromatic carbocycles. The zero-order chi connectivity index (χ0) is 13.5. The van der Waals surface area contributed by atoms with Crippen molar-refractivity contribution in [2.24, 2.45) is 0 Å². The van der Waals surface area contributed by atoms with Crippen molar-refractivity contribution >= 4 is 16.5 Å². The summed E-state index contributed by atoms with van der Waals surface area (Å²) in [6.45, 7) is 0.627. The van der Waals surface area contributed by atoms with Gasteiger partial charge >= 0.3 is 0 Å². The first-order chi connectivity index (χ1) is 9.25. The first kappa shape index (κ1) is 14.4. The van der Waals surface area contributed by atoms with Gasteiger partial charge in [-0.1, -0.05) is 19.3 Å². The highest BCUT2D eigenvalue weighted by Crippen LogP contribution is 2.22. The summed E-state index contributed by atoms with van der Waals surface area (Å²) >= 11 is 0. The topological polar surface area (TPSA) is 52.3 Å². The van der Waals surface area contributed by atoms with Gasteiger partial charge in [0.15, 0.2) is 0 Å². The maximum Gasteiger partial charge on any atom is 0.119 e. The molecule has 0 amide bonds. The smallest absolute Gasteiger partial charge is 0.119 e. The van der Waals surface area contributed by atoms with E-state index >= 15 is 0 Å². The minimum Gasteiger partial charge on any atom is -0.494 e. The fourth-order valence-corrected chi connectivity index (χ4v) is 4.04. The van der Waals surface area contributed by atoms with Crippen molar-refractivity contribution in [2.45, 2.75) is 43.8 Å². The molecule has 0 heterocycles. The van der Waals surface area contributed by atoms with E-state index in [4.69, 9.17) is 10.5 Å². The Morgan fingerprint density at radius 2 is 1.84 bits per heavy atom. The van der Waals surface area contributed by atoms with Crippen molar-refractivity contribution in [1.82, 2.24) is 0 Å². The molecule has 106 valence electrons. The van der Waals surface area contributed by atoms with E-state index < -0.39 is 10.8 Å². The molecule has 0 aliphatic heterocycles.